The fourth-order valence-electron chi connectivity index (χ4n) is 1.77. The van der Waals surface area contributed by atoms with Crippen LogP contribution in [0.25, 0.3) is 0 Å². The molecule has 0 aliphatic rings. The van der Waals surface area contributed by atoms with Crippen LogP contribution >= 0.6 is 11.3 Å². The zero-order chi connectivity index (χ0) is 17.9. The summed E-state index contributed by atoms with van der Waals surface area (Å²) < 4.78 is 10.3. The van der Waals surface area contributed by atoms with E-state index in [1.807, 2.05) is 30.3 Å². The molecule has 8 heteroatoms. The second kappa shape index (κ2) is 10.1. The van der Waals surface area contributed by atoms with Gasteiger partial charge in [0.25, 0.3) is 11.8 Å². The van der Waals surface area contributed by atoms with Gasteiger partial charge < -0.3 is 9.47 Å². The molecule has 1 aromatic carbocycles. The Hall–Kier alpha value is -2.87. The maximum atomic E-state index is 11.6. The lowest BCUT2D eigenvalue weighted by Crippen LogP contribution is -2.43. The van der Waals surface area contributed by atoms with Gasteiger partial charge in [-0.05, 0) is 30.0 Å². The zero-order valence-corrected chi connectivity index (χ0v) is 14.2. The highest BCUT2D eigenvalue weighted by Crippen LogP contribution is 2.09. The molecule has 7 nitrogen and oxygen atoms in total. The summed E-state index contributed by atoms with van der Waals surface area (Å²) in [7, 11) is 0. The minimum Gasteiger partial charge on any atom is -0.494 e. The lowest BCUT2D eigenvalue weighted by molar-refractivity contribution is -0.148. The molecule has 2 N–H and O–H groups in total. The van der Waals surface area contributed by atoms with Gasteiger partial charge in [-0.15, -0.1) is 11.3 Å². The molecule has 2 amide bonds. The largest absolute Gasteiger partial charge is 0.494 e. The highest BCUT2D eigenvalue weighted by molar-refractivity contribution is 7.12. The number of esters is 1. The van der Waals surface area contributed by atoms with Crippen LogP contribution in [0, 0.1) is 0 Å². The fraction of sp³-hybridized carbons (Fsp3) is 0.235. The molecule has 2 aromatic rings. The lowest BCUT2D eigenvalue weighted by atomic mass is 10.3. The van der Waals surface area contributed by atoms with Crippen LogP contribution in [0.3, 0.4) is 0 Å². The molecule has 0 fully saturated rings. The van der Waals surface area contributed by atoms with Crippen LogP contribution in [0.4, 0.5) is 0 Å². The first-order chi connectivity index (χ1) is 12.1. The van der Waals surface area contributed by atoms with Gasteiger partial charge in [-0.25, -0.2) is 0 Å². The molecule has 2 rings (SSSR count). The van der Waals surface area contributed by atoms with Crippen molar-refractivity contribution in [3.63, 3.8) is 0 Å². The van der Waals surface area contributed by atoms with Gasteiger partial charge in [-0.3, -0.25) is 25.2 Å². The average Bonchev–Trinajstić information content (AvgIpc) is 3.17. The molecule has 0 spiro atoms. The van der Waals surface area contributed by atoms with Crippen LogP contribution in [0.15, 0.2) is 47.8 Å². The van der Waals surface area contributed by atoms with E-state index in [1.165, 1.54) is 11.3 Å². The van der Waals surface area contributed by atoms with E-state index in [0.29, 0.717) is 17.9 Å². The van der Waals surface area contributed by atoms with E-state index in [-0.39, 0.29) is 6.42 Å². The summed E-state index contributed by atoms with van der Waals surface area (Å²) >= 11 is 1.25. The molecule has 0 aliphatic heterocycles. The number of nitrogens with one attached hydrogen (secondary N) is 2. The number of carbonyl (C=O) groups is 3. The maximum absolute atomic E-state index is 11.6. The summed E-state index contributed by atoms with van der Waals surface area (Å²) in [6.45, 7) is -0.0781. The maximum Gasteiger partial charge on any atom is 0.306 e. The molecule has 0 unspecified atom stereocenters. The molecule has 0 saturated heterocycles. The monoisotopic (exact) mass is 362 g/mol. The number of hydrazine groups is 1. The lowest BCUT2D eigenvalue weighted by Gasteiger charge is -2.08. The summed E-state index contributed by atoms with van der Waals surface area (Å²) in [5.41, 5.74) is 4.42. The van der Waals surface area contributed by atoms with Gasteiger partial charge in [0.05, 0.1) is 11.5 Å². The normalized spacial score (nSPS) is 9.92. The smallest absolute Gasteiger partial charge is 0.306 e. The highest BCUT2D eigenvalue weighted by Gasteiger charge is 2.10. The molecule has 25 heavy (non-hydrogen) atoms. The van der Waals surface area contributed by atoms with Crippen LogP contribution in [-0.4, -0.2) is 31.0 Å². The van der Waals surface area contributed by atoms with E-state index in [1.54, 1.807) is 17.5 Å². The first-order valence-corrected chi connectivity index (χ1v) is 8.49. The Morgan fingerprint density at radius 1 is 1.00 bits per heavy atom. The summed E-state index contributed by atoms with van der Waals surface area (Å²) in [6.07, 6.45) is 0.617. The predicted molar refractivity (Wildman–Crippen MR) is 92.1 cm³/mol. The quantitative estimate of drug-likeness (QED) is 0.425. The van der Waals surface area contributed by atoms with Gasteiger partial charge in [0.1, 0.15) is 5.75 Å². The Bertz CT molecular complexity index is 688. The third-order valence-corrected chi connectivity index (χ3v) is 3.83. The van der Waals surface area contributed by atoms with E-state index >= 15 is 0 Å². The highest BCUT2D eigenvalue weighted by atomic mass is 32.1. The first-order valence-electron chi connectivity index (χ1n) is 7.61. The molecule has 0 saturated carbocycles. The van der Waals surface area contributed by atoms with Crippen molar-refractivity contribution >= 4 is 29.1 Å². The topological polar surface area (TPSA) is 93.7 Å². The molecule has 132 valence electrons. The number of hydrogen-bond acceptors (Lipinski definition) is 6. The van der Waals surface area contributed by atoms with E-state index < -0.39 is 24.4 Å². The van der Waals surface area contributed by atoms with Gasteiger partial charge in [0.15, 0.2) is 6.61 Å². The number of ether oxygens (including phenoxy) is 2. The summed E-state index contributed by atoms with van der Waals surface area (Å²) in [5, 5.41) is 1.75. The molecular weight excluding hydrogens is 344 g/mol. The van der Waals surface area contributed by atoms with Gasteiger partial charge in [0.2, 0.25) is 0 Å². The van der Waals surface area contributed by atoms with Crippen LogP contribution in [-0.2, 0) is 14.3 Å². The van der Waals surface area contributed by atoms with Crippen molar-refractivity contribution in [2.75, 3.05) is 13.2 Å². The van der Waals surface area contributed by atoms with Crippen molar-refractivity contribution in [1.82, 2.24) is 10.9 Å². The Labute approximate surface area is 148 Å². The number of carbonyl (C=O) groups excluding carboxylic acids is 3. The number of thiophene rings is 1. The van der Waals surface area contributed by atoms with Crippen molar-refractivity contribution < 1.29 is 23.9 Å². The van der Waals surface area contributed by atoms with E-state index in [4.69, 9.17) is 9.47 Å². The Balaban J connectivity index is 1.53. The second-order valence-corrected chi connectivity index (χ2v) is 5.85. The Morgan fingerprint density at radius 2 is 1.80 bits per heavy atom. The molecule has 0 atom stereocenters. The van der Waals surface area contributed by atoms with Gasteiger partial charge in [0, 0.05) is 6.42 Å². The summed E-state index contributed by atoms with van der Waals surface area (Å²) in [5.74, 6) is -0.806. The predicted octanol–water partition coefficient (Wildman–Crippen LogP) is 1.91. The molecule has 0 aliphatic carbocycles. The van der Waals surface area contributed by atoms with Crippen molar-refractivity contribution in [1.29, 1.82) is 0 Å². The molecule has 0 radical (unpaired) electrons. The number of amides is 2. The Kier molecular flexibility index (Phi) is 7.45. The van der Waals surface area contributed by atoms with E-state index in [9.17, 15) is 14.4 Å². The fourth-order valence-corrected chi connectivity index (χ4v) is 2.39. The first kappa shape index (κ1) is 18.5. The molecule has 1 aromatic heterocycles. The molecule has 0 bridgehead atoms. The van der Waals surface area contributed by atoms with Crippen molar-refractivity contribution in [3.05, 3.63) is 52.7 Å². The van der Waals surface area contributed by atoms with E-state index in [0.717, 1.165) is 5.75 Å². The number of rotatable bonds is 8. The molecule has 1 heterocycles. The third kappa shape index (κ3) is 7.05. The third-order valence-electron chi connectivity index (χ3n) is 2.96. The summed E-state index contributed by atoms with van der Waals surface area (Å²) in [4.78, 5) is 35.1. The van der Waals surface area contributed by atoms with Crippen molar-refractivity contribution in [2.45, 2.75) is 12.8 Å². The minimum atomic E-state index is -0.612. The number of benzene rings is 1. The Morgan fingerprint density at radius 3 is 2.52 bits per heavy atom. The molecular formula is C17H18N2O5S. The van der Waals surface area contributed by atoms with Crippen molar-refractivity contribution in [3.8, 4) is 5.75 Å². The SMILES string of the molecule is O=C(COC(=O)CCCOc1ccccc1)NNC(=O)c1cccs1. The van der Waals surface area contributed by atoms with Crippen LogP contribution in [0.2, 0.25) is 0 Å². The van der Waals surface area contributed by atoms with Gasteiger partial charge in [-0.1, -0.05) is 24.3 Å². The van der Waals surface area contributed by atoms with Crippen LogP contribution < -0.4 is 15.6 Å². The second-order valence-electron chi connectivity index (χ2n) is 4.91. The number of hydrogen-bond donors (Lipinski definition) is 2. The standard InChI is InChI=1S/C17H18N2O5S/c20-15(18-19-17(22)14-8-5-11-25-14)12-24-16(21)9-4-10-23-13-6-2-1-3-7-13/h1-3,5-8,11H,4,9-10,12H2,(H,18,20)(H,19,22). The van der Waals surface area contributed by atoms with E-state index in [2.05, 4.69) is 10.9 Å². The summed E-state index contributed by atoms with van der Waals surface area (Å²) in [6, 6.07) is 12.6. The van der Waals surface area contributed by atoms with Crippen LogP contribution in [0.1, 0.15) is 22.5 Å². The van der Waals surface area contributed by atoms with Gasteiger partial charge in [-0.2, -0.15) is 0 Å². The minimum absolute atomic E-state index is 0.141. The number of para-hydroxylation sites is 1. The van der Waals surface area contributed by atoms with Gasteiger partial charge >= 0.3 is 5.97 Å². The average molecular weight is 362 g/mol. The zero-order valence-electron chi connectivity index (χ0n) is 13.4. The van der Waals surface area contributed by atoms with Crippen molar-refractivity contribution in [2.24, 2.45) is 0 Å². The van der Waals surface area contributed by atoms with Crippen LogP contribution in [0.5, 0.6) is 5.75 Å².